The molecule has 6 heteroatoms. The van der Waals surface area contributed by atoms with Gasteiger partial charge >= 0.3 is 0 Å². The van der Waals surface area contributed by atoms with E-state index in [1.165, 1.54) is 0 Å². The molecule has 2 rings (SSSR count). The highest BCUT2D eigenvalue weighted by Gasteiger charge is 2.08. The van der Waals surface area contributed by atoms with E-state index in [9.17, 15) is 4.79 Å². The number of primary amides is 1. The molecule has 1 amide bonds. The first-order chi connectivity index (χ1) is 8.97. The molecule has 0 atom stereocenters. The molecule has 0 unspecified atom stereocenters. The quantitative estimate of drug-likeness (QED) is 0.899. The van der Waals surface area contributed by atoms with E-state index in [2.05, 4.69) is 10.4 Å². The Morgan fingerprint density at radius 2 is 2.26 bits per heavy atom. The maximum Gasteiger partial charge on any atom is 0.250 e. The van der Waals surface area contributed by atoms with Crippen molar-refractivity contribution in [1.82, 2.24) is 9.78 Å². The van der Waals surface area contributed by atoms with Crippen molar-refractivity contribution in [2.45, 2.75) is 13.5 Å². The van der Waals surface area contributed by atoms with Gasteiger partial charge in [0.15, 0.2) is 0 Å². The van der Waals surface area contributed by atoms with Crippen LogP contribution >= 0.6 is 11.6 Å². The molecule has 0 saturated heterocycles. The van der Waals surface area contributed by atoms with Crippen LogP contribution in [0.15, 0.2) is 24.4 Å². The third kappa shape index (κ3) is 3.06. The van der Waals surface area contributed by atoms with Gasteiger partial charge in [-0.3, -0.25) is 9.48 Å². The number of nitrogens with two attached hydrogens (primary N) is 1. The molecule has 0 aliphatic rings. The summed E-state index contributed by atoms with van der Waals surface area (Å²) in [5.74, 6) is -0.536. The van der Waals surface area contributed by atoms with Crippen LogP contribution in [0.5, 0.6) is 0 Å². The van der Waals surface area contributed by atoms with Crippen molar-refractivity contribution in [2.24, 2.45) is 12.8 Å². The van der Waals surface area contributed by atoms with E-state index in [0.29, 0.717) is 17.1 Å². The van der Waals surface area contributed by atoms with Gasteiger partial charge in [-0.15, -0.1) is 0 Å². The van der Waals surface area contributed by atoms with Crippen LogP contribution < -0.4 is 11.1 Å². The number of hydrogen-bond donors (Lipinski definition) is 2. The number of aromatic nitrogens is 2. The van der Waals surface area contributed by atoms with Crippen molar-refractivity contribution >= 4 is 23.2 Å². The Balaban J connectivity index is 2.14. The van der Waals surface area contributed by atoms with E-state index in [-0.39, 0.29) is 0 Å². The van der Waals surface area contributed by atoms with Crippen molar-refractivity contribution in [3.63, 3.8) is 0 Å². The Kier molecular flexibility index (Phi) is 3.76. The number of hydrogen-bond acceptors (Lipinski definition) is 3. The molecule has 1 aromatic heterocycles. The van der Waals surface area contributed by atoms with Crippen LogP contribution in [0.1, 0.15) is 21.6 Å². The Hall–Kier alpha value is -2.01. The zero-order valence-corrected chi connectivity index (χ0v) is 11.5. The van der Waals surface area contributed by atoms with Crippen molar-refractivity contribution in [2.75, 3.05) is 5.32 Å². The molecular formula is C13H15ClN4O. The molecule has 0 saturated carbocycles. The number of anilines is 1. The highest BCUT2D eigenvalue weighted by Crippen LogP contribution is 2.20. The minimum Gasteiger partial charge on any atom is -0.381 e. The second-order valence-corrected chi connectivity index (χ2v) is 4.73. The van der Waals surface area contributed by atoms with Gasteiger partial charge in [0.1, 0.15) is 0 Å². The summed E-state index contributed by atoms with van der Waals surface area (Å²) >= 11 is 5.89. The molecule has 5 nitrogen and oxygen atoms in total. The highest BCUT2D eigenvalue weighted by atomic mass is 35.5. The number of halogens is 1. The molecule has 3 N–H and O–H groups in total. The topological polar surface area (TPSA) is 72.9 Å². The van der Waals surface area contributed by atoms with E-state index in [1.54, 1.807) is 22.9 Å². The molecule has 0 aliphatic carbocycles. The van der Waals surface area contributed by atoms with Crippen molar-refractivity contribution in [3.8, 4) is 0 Å². The Morgan fingerprint density at radius 1 is 1.53 bits per heavy atom. The van der Waals surface area contributed by atoms with E-state index >= 15 is 0 Å². The number of nitrogens with one attached hydrogen (secondary N) is 1. The highest BCUT2D eigenvalue weighted by molar-refractivity contribution is 6.33. The van der Waals surface area contributed by atoms with Gasteiger partial charge in [-0.2, -0.15) is 5.10 Å². The number of carbonyl (C=O) groups excluding carboxylic acids is 1. The largest absolute Gasteiger partial charge is 0.381 e. The zero-order valence-electron chi connectivity index (χ0n) is 10.8. The average Bonchev–Trinajstić information content (AvgIpc) is 2.66. The lowest BCUT2D eigenvalue weighted by Gasteiger charge is -2.08. The Labute approximate surface area is 116 Å². The molecule has 100 valence electrons. The van der Waals surface area contributed by atoms with E-state index in [0.717, 1.165) is 16.9 Å². The lowest BCUT2D eigenvalue weighted by atomic mass is 10.2. The third-order valence-electron chi connectivity index (χ3n) is 2.83. The fraction of sp³-hybridized carbons (Fsp3) is 0.231. The summed E-state index contributed by atoms with van der Waals surface area (Å²) in [4.78, 5) is 11.2. The van der Waals surface area contributed by atoms with Crippen LogP contribution in [-0.4, -0.2) is 15.7 Å². The standard InChI is InChI=1S/C13H15ClN4O/c1-8-9(7-18(2)17-8)6-16-10-3-4-12(14)11(5-10)13(15)19/h3-5,7,16H,6H2,1-2H3,(H2,15,19). The summed E-state index contributed by atoms with van der Waals surface area (Å²) in [6.45, 7) is 2.58. The predicted octanol–water partition coefficient (Wildman–Crippen LogP) is 2.09. The van der Waals surface area contributed by atoms with Gasteiger partial charge in [0.2, 0.25) is 5.91 Å². The number of rotatable bonds is 4. The van der Waals surface area contributed by atoms with Crippen molar-refractivity contribution < 1.29 is 4.79 Å². The number of benzene rings is 1. The fourth-order valence-corrected chi connectivity index (χ4v) is 2.05. The lowest BCUT2D eigenvalue weighted by Crippen LogP contribution is -2.12. The van der Waals surface area contributed by atoms with Crippen molar-refractivity contribution in [1.29, 1.82) is 0 Å². The molecule has 1 aromatic carbocycles. The van der Waals surface area contributed by atoms with Crippen LogP contribution in [0.3, 0.4) is 0 Å². The second-order valence-electron chi connectivity index (χ2n) is 4.33. The molecule has 19 heavy (non-hydrogen) atoms. The monoisotopic (exact) mass is 278 g/mol. The number of carbonyl (C=O) groups is 1. The molecule has 0 radical (unpaired) electrons. The third-order valence-corrected chi connectivity index (χ3v) is 3.16. The summed E-state index contributed by atoms with van der Waals surface area (Å²) < 4.78 is 1.77. The van der Waals surface area contributed by atoms with Gasteiger partial charge in [-0.1, -0.05) is 11.6 Å². The minimum absolute atomic E-state index is 0.314. The summed E-state index contributed by atoms with van der Waals surface area (Å²) in [6, 6.07) is 5.11. The van der Waals surface area contributed by atoms with Crippen LogP contribution in [0, 0.1) is 6.92 Å². The predicted molar refractivity (Wildman–Crippen MR) is 75.2 cm³/mol. The summed E-state index contributed by atoms with van der Waals surface area (Å²) in [5.41, 5.74) is 8.43. The molecule has 0 spiro atoms. The minimum atomic E-state index is -0.536. The van der Waals surface area contributed by atoms with E-state index < -0.39 is 5.91 Å². The number of amides is 1. The summed E-state index contributed by atoms with van der Waals surface area (Å²) in [7, 11) is 1.88. The van der Waals surface area contributed by atoms with Crippen LogP contribution in [-0.2, 0) is 13.6 Å². The van der Waals surface area contributed by atoms with Gasteiger partial charge in [0.25, 0.3) is 0 Å². The maximum atomic E-state index is 11.2. The second kappa shape index (κ2) is 5.32. The molecule has 0 bridgehead atoms. The first-order valence-electron chi connectivity index (χ1n) is 5.79. The van der Waals surface area contributed by atoms with Gasteiger partial charge in [0.05, 0.1) is 16.3 Å². The van der Waals surface area contributed by atoms with Gasteiger partial charge in [-0.25, -0.2) is 0 Å². The first kappa shape index (κ1) is 13.4. The first-order valence-corrected chi connectivity index (χ1v) is 6.17. The summed E-state index contributed by atoms with van der Waals surface area (Å²) in [6.07, 6.45) is 1.95. The van der Waals surface area contributed by atoms with Gasteiger partial charge in [-0.05, 0) is 25.1 Å². The molecule has 1 heterocycles. The smallest absolute Gasteiger partial charge is 0.250 e. The molecular weight excluding hydrogens is 264 g/mol. The molecule has 2 aromatic rings. The van der Waals surface area contributed by atoms with E-state index in [4.69, 9.17) is 17.3 Å². The van der Waals surface area contributed by atoms with E-state index in [1.807, 2.05) is 20.2 Å². The number of nitrogens with zero attached hydrogens (tertiary/aromatic N) is 2. The SMILES string of the molecule is Cc1nn(C)cc1CNc1ccc(Cl)c(C(N)=O)c1. The maximum absolute atomic E-state index is 11.2. The number of aryl methyl sites for hydroxylation is 2. The van der Waals surface area contributed by atoms with Crippen LogP contribution in [0.2, 0.25) is 5.02 Å². The Morgan fingerprint density at radius 3 is 2.84 bits per heavy atom. The van der Waals surface area contributed by atoms with Crippen molar-refractivity contribution in [3.05, 3.63) is 46.2 Å². The Bertz CT molecular complexity index is 621. The lowest BCUT2D eigenvalue weighted by molar-refractivity contribution is 0.100. The van der Waals surface area contributed by atoms with Crippen LogP contribution in [0.25, 0.3) is 0 Å². The van der Waals surface area contributed by atoms with Gasteiger partial charge < -0.3 is 11.1 Å². The average molecular weight is 279 g/mol. The fourth-order valence-electron chi connectivity index (χ4n) is 1.84. The molecule has 0 aliphatic heterocycles. The van der Waals surface area contributed by atoms with Gasteiger partial charge in [0, 0.05) is 31.0 Å². The normalized spacial score (nSPS) is 10.5. The van der Waals surface area contributed by atoms with Crippen LogP contribution in [0.4, 0.5) is 5.69 Å². The molecule has 0 fully saturated rings. The zero-order chi connectivity index (χ0) is 14.0. The summed E-state index contributed by atoms with van der Waals surface area (Å²) in [5, 5.41) is 7.84.